The zero-order valence-corrected chi connectivity index (χ0v) is 20.4. The number of β-amino-alcohol motifs (C(OH)–C–C–N with tert-alkyl or cyclic N) is 1. The number of ether oxygens (including phenoxy) is 1. The molecule has 8 nitrogen and oxygen atoms in total. The van der Waals surface area contributed by atoms with Gasteiger partial charge >= 0.3 is 24.5 Å². The Morgan fingerprint density at radius 3 is 2.33 bits per heavy atom. The molecule has 2 fully saturated rings. The standard InChI is InChI=1S/C24H23F7N4O4/c1-33(16-4-2-15(25)3-5-16)21(37)39-19-17(24(29,30)31)10-14(23(26,27)28)11-18(19)35-9-8-34(20(35)36)13-22(38)6-7-32-12-22/h2-5,10-11,32,38H,6-9,12-13H2,1H3. The zero-order valence-electron chi connectivity index (χ0n) is 20.4. The topological polar surface area (TPSA) is 85.3 Å². The number of carbonyl (C=O) groups is 2. The summed E-state index contributed by atoms with van der Waals surface area (Å²) in [6, 6.07) is 3.38. The van der Waals surface area contributed by atoms with Gasteiger partial charge in [-0.25, -0.2) is 14.0 Å². The van der Waals surface area contributed by atoms with E-state index >= 15 is 0 Å². The number of nitrogens with zero attached hydrogens (tertiary/aromatic N) is 3. The van der Waals surface area contributed by atoms with Crippen LogP contribution in [0.1, 0.15) is 17.5 Å². The minimum atomic E-state index is -5.41. The highest BCUT2D eigenvalue weighted by atomic mass is 19.4. The van der Waals surface area contributed by atoms with Crippen LogP contribution >= 0.6 is 0 Å². The van der Waals surface area contributed by atoms with Crippen LogP contribution in [0, 0.1) is 5.82 Å². The first-order valence-corrected chi connectivity index (χ1v) is 11.6. The van der Waals surface area contributed by atoms with E-state index in [-0.39, 0.29) is 44.4 Å². The van der Waals surface area contributed by atoms with Crippen molar-refractivity contribution < 1.29 is 50.2 Å². The third-order valence-corrected chi connectivity index (χ3v) is 6.47. The first kappa shape index (κ1) is 28.4. The molecular weight excluding hydrogens is 541 g/mol. The van der Waals surface area contributed by atoms with Gasteiger partial charge in [0.25, 0.3) is 0 Å². The molecule has 0 saturated carbocycles. The summed E-state index contributed by atoms with van der Waals surface area (Å²) in [4.78, 5) is 28.4. The highest BCUT2D eigenvalue weighted by Crippen LogP contribution is 2.47. The van der Waals surface area contributed by atoms with Crippen molar-refractivity contribution in [1.82, 2.24) is 10.2 Å². The average Bonchev–Trinajstić information content (AvgIpc) is 3.43. The average molecular weight is 564 g/mol. The lowest BCUT2D eigenvalue weighted by Crippen LogP contribution is -2.46. The molecule has 2 saturated heterocycles. The van der Waals surface area contributed by atoms with E-state index in [1.807, 2.05) is 0 Å². The molecule has 2 N–H and O–H groups in total. The molecule has 0 spiro atoms. The van der Waals surface area contributed by atoms with E-state index in [9.17, 15) is 45.4 Å². The fourth-order valence-corrected chi connectivity index (χ4v) is 4.40. The van der Waals surface area contributed by atoms with Gasteiger partial charge in [-0.15, -0.1) is 0 Å². The Kier molecular flexibility index (Phi) is 7.42. The van der Waals surface area contributed by atoms with Crippen molar-refractivity contribution in [3.63, 3.8) is 0 Å². The van der Waals surface area contributed by atoms with Gasteiger partial charge in [0.1, 0.15) is 11.4 Å². The molecule has 0 bridgehead atoms. The zero-order chi connectivity index (χ0) is 28.8. The number of carbonyl (C=O) groups excluding carboxylic acids is 2. The fourth-order valence-electron chi connectivity index (χ4n) is 4.40. The maximum Gasteiger partial charge on any atom is 0.420 e. The molecule has 2 aliphatic heterocycles. The van der Waals surface area contributed by atoms with Crippen molar-refractivity contribution in [2.75, 3.05) is 49.6 Å². The molecule has 1 unspecified atom stereocenters. The molecule has 2 aromatic carbocycles. The third kappa shape index (κ3) is 6.03. The number of hydrogen-bond acceptors (Lipinski definition) is 5. The highest BCUT2D eigenvalue weighted by Gasteiger charge is 2.45. The van der Waals surface area contributed by atoms with Crippen molar-refractivity contribution in [3.8, 4) is 5.75 Å². The maximum absolute atomic E-state index is 14.0. The second kappa shape index (κ2) is 10.2. The number of alkyl halides is 6. The van der Waals surface area contributed by atoms with E-state index in [2.05, 4.69) is 5.32 Å². The van der Waals surface area contributed by atoms with Crippen LogP contribution in [-0.4, -0.2) is 67.5 Å². The second-order valence-corrected chi connectivity index (χ2v) is 9.28. The Hall–Kier alpha value is -3.59. The molecule has 2 aromatic rings. The molecule has 0 aromatic heterocycles. The minimum Gasteiger partial charge on any atom is -0.407 e. The molecule has 1 atom stereocenters. The van der Waals surface area contributed by atoms with Crippen molar-refractivity contribution in [2.45, 2.75) is 24.4 Å². The number of halogens is 7. The summed E-state index contributed by atoms with van der Waals surface area (Å²) in [7, 11) is 1.10. The predicted octanol–water partition coefficient (Wildman–Crippen LogP) is 4.46. The summed E-state index contributed by atoms with van der Waals surface area (Å²) >= 11 is 0. The van der Waals surface area contributed by atoms with Crippen LogP contribution in [0.3, 0.4) is 0 Å². The van der Waals surface area contributed by atoms with Crippen molar-refractivity contribution in [2.24, 2.45) is 0 Å². The van der Waals surface area contributed by atoms with E-state index < -0.39 is 58.5 Å². The normalized spacial score (nSPS) is 20.1. The van der Waals surface area contributed by atoms with E-state index in [0.29, 0.717) is 17.5 Å². The summed E-state index contributed by atoms with van der Waals surface area (Å²) in [5.74, 6) is -1.95. The van der Waals surface area contributed by atoms with Crippen LogP contribution in [0.15, 0.2) is 36.4 Å². The summed E-state index contributed by atoms with van der Waals surface area (Å²) in [6.07, 6.45) is -11.8. The summed E-state index contributed by atoms with van der Waals surface area (Å²) in [6.45, 7) is -0.0343. The van der Waals surface area contributed by atoms with E-state index in [0.717, 1.165) is 41.1 Å². The van der Waals surface area contributed by atoms with E-state index in [4.69, 9.17) is 4.74 Å². The van der Waals surface area contributed by atoms with Gasteiger partial charge < -0.3 is 20.1 Å². The SMILES string of the molecule is CN(C(=O)Oc1c(N2CCN(CC3(O)CCNC3)C2=O)cc(C(F)(F)F)cc1C(F)(F)F)c1ccc(F)cc1. The molecule has 39 heavy (non-hydrogen) atoms. The molecule has 2 aliphatic rings. The number of rotatable bonds is 5. The van der Waals surface area contributed by atoms with Gasteiger partial charge in [0.05, 0.1) is 23.4 Å². The van der Waals surface area contributed by atoms with Crippen LogP contribution < -0.4 is 19.9 Å². The molecule has 4 rings (SSSR count). The predicted molar refractivity (Wildman–Crippen MR) is 124 cm³/mol. The molecule has 15 heteroatoms. The highest BCUT2D eigenvalue weighted by molar-refractivity contribution is 5.97. The van der Waals surface area contributed by atoms with Crippen LogP contribution in [0.25, 0.3) is 0 Å². The maximum atomic E-state index is 14.0. The summed E-state index contributed by atoms with van der Waals surface area (Å²) < 4.78 is 101. The number of urea groups is 1. The molecule has 2 heterocycles. The number of anilines is 2. The minimum absolute atomic E-state index is 0.0188. The quantitative estimate of drug-likeness (QED) is 0.524. The van der Waals surface area contributed by atoms with Crippen molar-refractivity contribution >= 4 is 23.5 Å². The monoisotopic (exact) mass is 564 g/mol. The van der Waals surface area contributed by atoms with Crippen LogP contribution in [0.4, 0.5) is 51.7 Å². The first-order chi connectivity index (χ1) is 18.1. The lowest BCUT2D eigenvalue weighted by atomic mass is 10.0. The van der Waals surface area contributed by atoms with Gasteiger partial charge in [-0.2, -0.15) is 26.3 Å². The molecule has 212 valence electrons. The van der Waals surface area contributed by atoms with Gasteiger partial charge in [-0.3, -0.25) is 9.80 Å². The third-order valence-electron chi connectivity index (χ3n) is 6.47. The van der Waals surface area contributed by atoms with Crippen molar-refractivity contribution in [3.05, 3.63) is 53.3 Å². The Morgan fingerprint density at radius 2 is 1.77 bits per heavy atom. The molecule has 0 aliphatic carbocycles. The van der Waals surface area contributed by atoms with Gasteiger partial charge in [-0.1, -0.05) is 0 Å². The Balaban J connectivity index is 1.75. The van der Waals surface area contributed by atoms with Gasteiger partial charge in [0, 0.05) is 32.4 Å². The number of amides is 3. The molecule has 0 radical (unpaired) electrons. The number of nitrogens with one attached hydrogen (secondary N) is 1. The summed E-state index contributed by atoms with van der Waals surface area (Å²) in [5, 5.41) is 13.5. The second-order valence-electron chi connectivity index (χ2n) is 9.28. The van der Waals surface area contributed by atoms with Crippen LogP contribution in [0.5, 0.6) is 5.75 Å². The Bertz CT molecular complexity index is 1240. The Labute approximate surface area is 217 Å². The molecule has 3 amide bonds. The first-order valence-electron chi connectivity index (χ1n) is 11.6. The lowest BCUT2D eigenvalue weighted by Gasteiger charge is -2.29. The van der Waals surface area contributed by atoms with E-state index in [1.165, 1.54) is 0 Å². The summed E-state index contributed by atoms with van der Waals surface area (Å²) in [5.41, 5.74) is -5.84. The molecular formula is C24H23F7N4O4. The van der Waals surface area contributed by atoms with Crippen LogP contribution in [-0.2, 0) is 12.4 Å². The van der Waals surface area contributed by atoms with Crippen LogP contribution in [0.2, 0.25) is 0 Å². The fraction of sp³-hybridized carbons (Fsp3) is 0.417. The number of benzene rings is 2. The number of hydrogen-bond donors (Lipinski definition) is 2. The van der Waals surface area contributed by atoms with E-state index in [1.54, 1.807) is 0 Å². The van der Waals surface area contributed by atoms with Gasteiger partial charge in [0.2, 0.25) is 0 Å². The largest absolute Gasteiger partial charge is 0.420 e. The Morgan fingerprint density at radius 1 is 1.10 bits per heavy atom. The smallest absolute Gasteiger partial charge is 0.407 e. The van der Waals surface area contributed by atoms with Gasteiger partial charge in [-0.05, 0) is 49.4 Å². The van der Waals surface area contributed by atoms with Crippen molar-refractivity contribution in [1.29, 1.82) is 0 Å². The lowest BCUT2D eigenvalue weighted by molar-refractivity contribution is -0.143. The number of aliphatic hydroxyl groups is 1. The van der Waals surface area contributed by atoms with Gasteiger partial charge in [0.15, 0.2) is 5.75 Å².